The number of carbonyl (C=O) groups is 2. The van der Waals surface area contributed by atoms with Gasteiger partial charge < -0.3 is 15.0 Å². The number of nitrogens with zero attached hydrogens (tertiary/aromatic N) is 2. The van der Waals surface area contributed by atoms with Gasteiger partial charge in [-0.05, 0) is 28.5 Å². The van der Waals surface area contributed by atoms with Crippen molar-refractivity contribution in [3.63, 3.8) is 0 Å². The van der Waals surface area contributed by atoms with Crippen molar-refractivity contribution in [1.82, 2.24) is 15.1 Å². The maximum Gasteiger partial charge on any atom is 0.434 e. The number of amides is 2. The van der Waals surface area contributed by atoms with Gasteiger partial charge in [-0.2, -0.15) is 13.2 Å². The molecule has 176 valence electrons. The van der Waals surface area contributed by atoms with Crippen molar-refractivity contribution in [1.29, 1.82) is 0 Å². The Bertz CT molecular complexity index is 968. The minimum Gasteiger partial charge on any atom is -0.426 e. The molecule has 2 saturated heterocycles. The first-order valence-electron chi connectivity index (χ1n) is 10.8. The molecule has 9 heteroatoms. The number of rotatable bonds is 5. The Balaban J connectivity index is 1.29. The number of halogens is 3. The molecular weight excluding hydrogens is 435 g/mol. The van der Waals surface area contributed by atoms with E-state index in [0.717, 1.165) is 37.8 Å². The first-order valence-corrected chi connectivity index (χ1v) is 10.8. The van der Waals surface area contributed by atoms with Crippen LogP contribution in [0.3, 0.4) is 0 Å². The molecule has 0 aromatic heterocycles. The standard InChI is InChI=1S/C24H26F3N3O3/c1-28-22(31)21(24(25,26)27)33-23(32)30-14-19-12-29(13-20(19)15-30)11-16-7-9-18(10-8-16)17-5-3-2-4-6-17/h2-10,19-21H,11-15H2,1H3,(H,28,31). The average molecular weight is 461 g/mol. The highest BCUT2D eigenvalue weighted by Gasteiger charge is 2.50. The molecule has 2 heterocycles. The van der Waals surface area contributed by atoms with Gasteiger partial charge in [-0.3, -0.25) is 9.69 Å². The molecule has 2 amide bonds. The summed E-state index contributed by atoms with van der Waals surface area (Å²) in [5, 5.41) is 1.89. The number of likely N-dealkylation sites (N-methyl/N-ethyl adjacent to an activating group) is 1. The van der Waals surface area contributed by atoms with Gasteiger partial charge >= 0.3 is 12.3 Å². The van der Waals surface area contributed by atoms with Crippen molar-refractivity contribution >= 4 is 12.0 Å². The predicted molar refractivity (Wildman–Crippen MR) is 116 cm³/mol. The molecule has 0 saturated carbocycles. The van der Waals surface area contributed by atoms with Crippen LogP contribution in [0.2, 0.25) is 0 Å². The van der Waals surface area contributed by atoms with Gasteiger partial charge in [0.15, 0.2) is 0 Å². The van der Waals surface area contributed by atoms with Gasteiger partial charge in [-0.15, -0.1) is 0 Å². The van der Waals surface area contributed by atoms with Gasteiger partial charge in [-0.1, -0.05) is 54.6 Å². The highest BCUT2D eigenvalue weighted by Crippen LogP contribution is 2.33. The van der Waals surface area contributed by atoms with Crippen molar-refractivity contribution in [2.24, 2.45) is 11.8 Å². The topological polar surface area (TPSA) is 61.9 Å². The Morgan fingerprint density at radius 3 is 2.09 bits per heavy atom. The zero-order valence-corrected chi connectivity index (χ0v) is 18.2. The molecular formula is C24H26F3N3O3. The third kappa shape index (κ3) is 5.30. The molecule has 0 radical (unpaired) electrons. The van der Waals surface area contributed by atoms with E-state index in [4.69, 9.17) is 0 Å². The second kappa shape index (κ2) is 9.43. The summed E-state index contributed by atoms with van der Waals surface area (Å²) in [6, 6.07) is 18.6. The lowest BCUT2D eigenvalue weighted by Gasteiger charge is -2.24. The zero-order chi connectivity index (χ0) is 23.6. The van der Waals surface area contributed by atoms with E-state index in [2.05, 4.69) is 46.0 Å². The SMILES string of the molecule is CNC(=O)C(OC(=O)N1CC2CN(Cc3ccc(-c4ccccc4)cc3)CC2C1)C(F)(F)F. The lowest BCUT2D eigenvalue weighted by Crippen LogP contribution is -2.48. The van der Waals surface area contributed by atoms with Crippen LogP contribution >= 0.6 is 0 Å². The van der Waals surface area contributed by atoms with Crippen molar-refractivity contribution in [3.8, 4) is 11.1 Å². The molecule has 1 N–H and O–H groups in total. The van der Waals surface area contributed by atoms with E-state index in [1.807, 2.05) is 23.5 Å². The number of nitrogens with one attached hydrogen (secondary N) is 1. The van der Waals surface area contributed by atoms with Crippen LogP contribution < -0.4 is 5.32 Å². The van der Waals surface area contributed by atoms with Crippen LogP contribution in [-0.4, -0.2) is 67.3 Å². The largest absolute Gasteiger partial charge is 0.434 e. The highest BCUT2D eigenvalue weighted by molar-refractivity contribution is 5.84. The lowest BCUT2D eigenvalue weighted by molar-refractivity contribution is -0.206. The summed E-state index contributed by atoms with van der Waals surface area (Å²) in [4.78, 5) is 27.4. The number of fused-ring (bicyclic) bond motifs is 1. The third-order valence-electron chi connectivity index (χ3n) is 6.29. The third-order valence-corrected chi connectivity index (χ3v) is 6.29. The summed E-state index contributed by atoms with van der Waals surface area (Å²) < 4.78 is 43.7. The zero-order valence-electron chi connectivity index (χ0n) is 18.2. The Morgan fingerprint density at radius 2 is 1.55 bits per heavy atom. The molecule has 0 aliphatic carbocycles. The van der Waals surface area contributed by atoms with E-state index in [0.29, 0.717) is 13.1 Å². The van der Waals surface area contributed by atoms with E-state index >= 15 is 0 Å². The Kier molecular flexibility index (Phi) is 6.60. The molecule has 2 aromatic rings. The molecule has 4 rings (SSSR count). The number of carbonyl (C=O) groups excluding carboxylic acids is 2. The minimum absolute atomic E-state index is 0.172. The maximum absolute atomic E-state index is 13.1. The van der Waals surface area contributed by atoms with Crippen molar-refractivity contribution in [2.75, 3.05) is 33.2 Å². The normalized spacial score (nSPS) is 21.5. The summed E-state index contributed by atoms with van der Waals surface area (Å²) in [6.45, 7) is 2.94. The molecule has 33 heavy (non-hydrogen) atoms. The Labute approximate surface area is 190 Å². The summed E-state index contributed by atoms with van der Waals surface area (Å²) in [6.07, 6.45) is -8.86. The number of hydrogen-bond donors (Lipinski definition) is 1. The van der Waals surface area contributed by atoms with Gasteiger partial charge in [-0.25, -0.2) is 4.79 Å². The monoisotopic (exact) mass is 461 g/mol. The minimum atomic E-state index is -4.96. The van der Waals surface area contributed by atoms with Gasteiger partial charge in [0.1, 0.15) is 0 Å². The fourth-order valence-corrected chi connectivity index (χ4v) is 4.64. The smallest absolute Gasteiger partial charge is 0.426 e. The van der Waals surface area contributed by atoms with Crippen LogP contribution in [0.5, 0.6) is 0 Å². The molecule has 2 fully saturated rings. The van der Waals surface area contributed by atoms with E-state index < -0.39 is 24.3 Å². The van der Waals surface area contributed by atoms with Gasteiger partial charge in [0.25, 0.3) is 12.0 Å². The summed E-state index contributed by atoms with van der Waals surface area (Å²) in [5.74, 6) is -1.05. The summed E-state index contributed by atoms with van der Waals surface area (Å²) in [5.41, 5.74) is 3.50. The molecule has 2 aromatic carbocycles. The summed E-state index contributed by atoms with van der Waals surface area (Å²) >= 11 is 0. The maximum atomic E-state index is 13.1. The van der Waals surface area contributed by atoms with E-state index in [-0.39, 0.29) is 11.8 Å². The summed E-state index contributed by atoms with van der Waals surface area (Å²) in [7, 11) is 1.07. The Hall–Kier alpha value is -3.07. The molecule has 6 nitrogen and oxygen atoms in total. The first-order chi connectivity index (χ1) is 15.7. The van der Waals surface area contributed by atoms with Crippen LogP contribution in [0.4, 0.5) is 18.0 Å². The molecule has 0 spiro atoms. The quantitative estimate of drug-likeness (QED) is 0.740. The van der Waals surface area contributed by atoms with Crippen LogP contribution in [0.15, 0.2) is 54.6 Å². The average Bonchev–Trinajstić information content (AvgIpc) is 3.36. The van der Waals surface area contributed by atoms with E-state index in [1.165, 1.54) is 10.5 Å². The number of likely N-dealkylation sites (tertiary alicyclic amines) is 2. The number of benzene rings is 2. The van der Waals surface area contributed by atoms with Crippen LogP contribution in [0.1, 0.15) is 5.56 Å². The van der Waals surface area contributed by atoms with E-state index in [9.17, 15) is 22.8 Å². The first kappa shape index (κ1) is 23.1. The second-order valence-electron chi connectivity index (χ2n) is 8.60. The number of ether oxygens (including phenoxy) is 1. The number of hydrogen-bond acceptors (Lipinski definition) is 4. The van der Waals surface area contributed by atoms with Crippen molar-refractivity contribution in [3.05, 3.63) is 60.2 Å². The second-order valence-corrected chi connectivity index (χ2v) is 8.60. The van der Waals surface area contributed by atoms with Crippen LogP contribution in [0.25, 0.3) is 11.1 Å². The lowest BCUT2D eigenvalue weighted by atomic mass is 10.0. The van der Waals surface area contributed by atoms with Crippen molar-refractivity contribution in [2.45, 2.75) is 18.8 Å². The predicted octanol–water partition coefficient (Wildman–Crippen LogP) is 3.53. The molecule has 3 atom stereocenters. The van der Waals surface area contributed by atoms with Crippen LogP contribution in [-0.2, 0) is 16.1 Å². The Morgan fingerprint density at radius 1 is 0.970 bits per heavy atom. The van der Waals surface area contributed by atoms with Crippen LogP contribution in [0, 0.1) is 11.8 Å². The number of alkyl halides is 3. The highest BCUT2D eigenvalue weighted by atomic mass is 19.4. The fourth-order valence-electron chi connectivity index (χ4n) is 4.64. The van der Waals surface area contributed by atoms with Gasteiger partial charge in [0, 0.05) is 39.8 Å². The molecule has 2 aliphatic heterocycles. The molecule has 0 bridgehead atoms. The van der Waals surface area contributed by atoms with Crippen molar-refractivity contribution < 1.29 is 27.5 Å². The van der Waals surface area contributed by atoms with Gasteiger partial charge in [0.2, 0.25) is 0 Å². The van der Waals surface area contributed by atoms with E-state index in [1.54, 1.807) is 0 Å². The fraction of sp³-hybridized carbons (Fsp3) is 0.417. The molecule has 2 aliphatic rings. The van der Waals surface area contributed by atoms with Gasteiger partial charge in [0.05, 0.1) is 0 Å². The molecule has 3 unspecified atom stereocenters.